The Labute approximate surface area is 80.2 Å². The number of hydrogen-bond donors (Lipinski definition) is 2. The molecule has 0 unspecified atom stereocenters. The Morgan fingerprint density at radius 1 is 1.62 bits per heavy atom. The van der Waals surface area contributed by atoms with Crippen LogP contribution in [-0.4, -0.2) is 24.4 Å². The van der Waals surface area contributed by atoms with Crippen molar-refractivity contribution >= 4 is 22.4 Å². The summed E-state index contributed by atoms with van der Waals surface area (Å²) in [5, 5.41) is 3.64. The van der Waals surface area contributed by atoms with Crippen molar-refractivity contribution in [3.63, 3.8) is 0 Å². The van der Waals surface area contributed by atoms with Crippen LogP contribution in [0.4, 0.5) is 5.00 Å². The van der Waals surface area contributed by atoms with Crippen LogP contribution < -0.4 is 10.8 Å². The van der Waals surface area contributed by atoms with E-state index in [1.54, 1.807) is 14.0 Å². The topological polar surface area (TPSA) is 63.2 Å². The smallest absolute Gasteiger partial charge is 0.279 e. The molecule has 0 aliphatic carbocycles. The molecule has 0 fully saturated rings. The van der Waals surface area contributed by atoms with Crippen LogP contribution in [0.25, 0.3) is 0 Å². The van der Waals surface area contributed by atoms with Crippen LogP contribution in [0.15, 0.2) is 0 Å². The van der Waals surface area contributed by atoms with E-state index in [4.69, 9.17) is 0 Å². The molecule has 0 aliphatic rings. The summed E-state index contributed by atoms with van der Waals surface area (Å²) in [6.07, 6.45) is 0. The van der Waals surface area contributed by atoms with Crippen LogP contribution in [0.5, 0.6) is 0 Å². The van der Waals surface area contributed by atoms with Gasteiger partial charge in [-0.1, -0.05) is 0 Å². The van der Waals surface area contributed by atoms with Gasteiger partial charge in [0.15, 0.2) is 0 Å². The first kappa shape index (κ1) is 9.94. The molecule has 0 saturated heterocycles. The zero-order valence-electron chi connectivity index (χ0n) is 7.67. The molecule has 0 bridgehead atoms. The molecule has 6 heteroatoms. The maximum atomic E-state index is 11.4. The molecule has 1 heterocycles. The largest absolute Gasteiger partial charge is 0.378 e. The SMILES string of the molecule is CNc1snc(C)c1C(=O)NOC. The van der Waals surface area contributed by atoms with Gasteiger partial charge in [0.2, 0.25) is 0 Å². The monoisotopic (exact) mass is 201 g/mol. The highest BCUT2D eigenvalue weighted by Gasteiger charge is 2.16. The molecule has 0 aromatic carbocycles. The van der Waals surface area contributed by atoms with Crippen LogP contribution in [-0.2, 0) is 4.84 Å². The molecule has 13 heavy (non-hydrogen) atoms. The minimum absolute atomic E-state index is 0.280. The number of amides is 1. The second-order valence-corrected chi connectivity index (χ2v) is 3.13. The van der Waals surface area contributed by atoms with Crippen molar-refractivity contribution in [2.75, 3.05) is 19.5 Å². The number of carbonyl (C=O) groups is 1. The number of aromatic nitrogens is 1. The normalized spacial score (nSPS) is 9.77. The minimum atomic E-state index is -0.280. The molecule has 1 rings (SSSR count). The lowest BCUT2D eigenvalue weighted by Gasteiger charge is -2.02. The van der Waals surface area contributed by atoms with Crippen LogP contribution >= 0.6 is 11.5 Å². The van der Waals surface area contributed by atoms with Crippen molar-refractivity contribution in [1.29, 1.82) is 0 Å². The molecule has 0 saturated carbocycles. The Hall–Kier alpha value is -1.14. The molecule has 1 aromatic heterocycles. The highest BCUT2D eigenvalue weighted by atomic mass is 32.1. The van der Waals surface area contributed by atoms with Gasteiger partial charge < -0.3 is 5.32 Å². The third kappa shape index (κ3) is 1.96. The molecule has 2 N–H and O–H groups in total. The summed E-state index contributed by atoms with van der Waals surface area (Å²) in [4.78, 5) is 15.9. The highest BCUT2D eigenvalue weighted by Crippen LogP contribution is 2.23. The van der Waals surface area contributed by atoms with Gasteiger partial charge in [0, 0.05) is 7.05 Å². The summed E-state index contributed by atoms with van der Waals surface area (Å²) < 4.78 is 4.05. The highest BCUT2D eigenvalue weighted by molar-refractivity contribution is 7.10. The number of hydroxylamine groups is 1. The fraction of sp³-hybridized carbons (Fsp3) is 0.429. The summed E-state index contributed by atoms with van der Waals surface area (Å²) in [5.74, 6) is -0.280. The Kier molecular flexibility index (Phi) is 3.21. The van der Waals surface area contributed by atoms with Crippen molar-refractivity contribution < 1.29 is 9.63 Å². The molecular weight excluding hydrogens is 190 g/mol. The summed E-state index contributed by atoms with van der Waals surface area (Å²) in [6.45, 7) is 1.78. The van der Waals surface area contributed by atoms with E-state index >= 15 is 0 Å². The minimum Gasteiger partial charge on any atom is -0.378 e. The van der Waals surface area contributed by atoms with E-state index in [1.807, 2.05) is 0 Å². The molecular formula is C7H11N3O2S. The van der Waals surface area contributed by atoms with E-state index < -0.39 is 0 Å². The van der Waals surface area contributed by atoms with Gasteiger partial charge in [-0.05, 0) is 18.5 Å². The molecule has 0 aliphatic heterocycles. The van der Waals surface area contributed by atoms with Crippen molar-refractivity contribution in [1.82, 2.24) is 9.85 Å². The predicted molar refractivity (Wildman–Crippen MR) is 50.9 cm³/mol. The Balaban J connectivity index is 2.96. The Morgan fingerprint density at radius 2 is 2.31 bits per heavy atom. The third-order valence-electron chi connectivity index (χ3n) is 1.51. The molecule has 5 nitrogen and oxygen atoms in total. The Morgan fingerprint density at radius 3 is 2.85 bits per heavy atom. The van der Waals surface area contributed by atoms with Crippen molar-refractivity contribution in [2.45, 2.75) is 6.92 Å². The molecule has 0 radical (unpaired) electrons. The lowest BCUT2D eigenvalue weighted by Crippen LogP contribution is -2.22. The van der Waals surface area contributed by atoms with Gasteiger partial charge in [-0.25, -0.2) is 5.48 Å². The first-order valence-corrected chi connectivity index (χ1v) is 4.45. The van der Waals surface area contributed by atoms with E-state index in [1.165, 1.54) is 18.6 Å². The van der Waals surface area contributed by atoms with Crippen LogP contribution in [0.2, 0.25) is 0 Å². The number of carbonyl (C=O) groups excluding carboxylic acids is 1. The summed E-state index contributed by atoms with van der Waals surface area (Å²) in [5.41, 5.74) is 3.49. The van der Waals surface area contributed by atoms with Gasteiger partial charge in [0.25, 0.3) is 5.91 Å². The number of nitrogens with zero attached hydrogens (tertiary/aromatic N) is 1. The van der Waals surface area contributed by atoms with Gasteiger partial charge >= 0.3 is 0 Å². The summed E-state index contributed by atoms with van der Waals surface area (Å²) in [7, 11) is 3.14. The van der Waals surface area contributed by atoms with Gasteiger partial charge in [-0.3, -0.25) is 9.63 Å². The molecule has 1 aromatic rings. The lowest BCUT2D eigenvalue weighted by molar-refractivity contribution is 0.0538. The number of aryl methyl sites for hydroxylation is 1. The van der Waals surface area contributed by atoms with Gasteiger partial charge in [0.05, 0.1) is 18.4 Å². The predicted octanol–water partition coefficient (Wildman–Crippen LogP) is 0.784. The molecule has 0 spiro atoms. The van der Waals surface area contributed by atoms with Gasteiger partial charge in [-0.2, -0.15) is 4.37 Å². The maximum Gasteiger partial charge on any atom is 0.279 e. The van der Waals surface area contributed by atoms with Crippen molar-refractivity contribution in [3.05, 3.63) is 11.3 Å². The number of nitrogens with one attached hydrogen (secondary N) is 2. The second-order valence-electron chi connectivity index (χ2n) is 2.36. The van der Waals surface area contributed by atoms with Crippen molar-refractivity contribution in [2.24, 2.45) is 0 Å². The van der Waals surface area contributed by atoms with Crippen molar-refractivity contribution in [3.8, 4) is 0 Å². The average Bonchev–Trinajstić information content (AvgIpc) is 2.47. The van der Waals surface area contributed by atoms with E-state index in [9.17, 15) is 4.79 Å². The third-order valence-corrected chi connectivity index (χ3v) is 2.47. The zero-order valence-corrected chi connectivity index (χ0v) is 8.49. The van der Waals surface area contributed by atoms with E-state index in [2.05, 4.69) is 20.0 Å². The second kappa shape index (κ2) is 4.20. The van der Waals surface area contributed by atoms with Crippen LogP contribution in [0.3, 0.4) is 0 Å². The van der Waals surface area contributed by atoms with Gasteiger partial charge in [0.1, 0.15) is 5.00 Å². The van der Waals surface area contributed by atoms with Crippen LogP contribution in [0.1, 0.15) is 16.1 Å². The standard InChI is InChI=1S/C7H11N3O2S/c1-4-5(6(11)9-12-3)7(8-2)13-10-4/h8H,1-3H3,(H,9,11). The fourth-order valence-electron chi connectivity index (χ4n) is 0.951. The quantitative estimate of drug-likeness (QED) is 0.709. The average molecular weight is 201 g/mol. The first-order chi connectivity index (χ1) is 6.20. The van der Waals surface area contributed by atoms with E-state index in [0.717, 1.165) is 5.00 Å². The maximum absolute atomic E-state index is 11.4. The molecule has 0 atom stereocenters. The number of anilines is 1. The van der Waals surface area contributed by atoms with Crippen LogP contribution in [0, 0.1) is 6.92 Å². The molecule has 72 valence electrons. The summed E-state index contributed by atoms with van der Waals surface area (Å²) >= 11 is 1.25. The zero-order chi connectivity index (χ0) is 9.84. The molecule has 1 amide bonds. The number of hydrogen-bond acceptors (Lipinski definition) is 5. The lowest BCUT2D eigenvalue weighted by atomic mass is 10.2. The first-order valence-electron chi connectivity index (χ1n) is 3.68. The fourth-order valence-corrected chi connectivity index (χ4v) is 1.69. The number of rotatable bonds is 3. The van der Waals surface area contributed by atoms with E-state index in [0.29, 0.717) is 11.3 Å². The van der Waals surface area contributed by atoms with E-state index in [-0.39, 0.29) is 5.91 Å². The Bertz CT molecular complexity index is 311. The summed E-state index contributed by atoms with van der Waals surface area (Å²) in [6, 6.07) is 0. The van der Waals surface area contributed by atoms with Gasteiger partial charge in [-0.15, -0.1) is 0 Å².